The number of nitrogens with one attached hydrogen (secondary N) is 3. The summed E-state index contributed by atoms with van der Waals surface area (Å²) in [6, 6.07) is 12.0. The summed E-state index contributed by atoms with van der Waals surface area (Å²) in [5, 5.41) is 8.60. The molecule has 0 bridgehead atoms. The Morgan fingerprint density at radius 1 is 1.07 bits per heavy atom. The summed E-state index contributed by atoms with van der Waals surface area (Å²) in [5.74, 6) is -2.27. The Kier molecular flexibility index (Phi) is 8.06. The highest BCUT2D eigenvalue weighted by molar-refractivity contribution is 6.35. The van der Waals surface area contributed by atoms with E-state index in [2.05, 4.69) is 27.7 Å². The number of carbonyl (C=O) groups is 3. The van der Waals surface area contributed by atoms with Gasteiger partial charge in [0.1, 0.15) is 11.6 Å². The summed E-state index contributed by atoms with van der Waals surface area (Å²) in [4.78, 5) is 35.0. The lowest BCUT2D eigenvalue weighted by atomic mass is 10.2. The maximum Gasteiger partial charge on any atom is 0.329 e. The van der Waals surface area contributed by atoms with Crippen molar-refractivity contribution in [3.05, 3.63) is 72.6 Å². The van der Waals surface area contributed by atoms with Gasteiger partial charge in [0.05, 0.1) is 6.21 Å². The number of hydrazone groups is 1. The fourth-order valence-electron chi connectivity index (χ4n) is 2.05. The maximum absolute atomic E-state index is 12.9. The zero-order chi connectivity index (χ0) is 21.1. The quantitative estimate of drug-likeness (QED) is 0.272. The minimum atomic E-state index is -0.930. The third kappa shape index (κ3) is 7.25. The molecule has 0 aliphatic heterocycles. The van der Waals surface area contributed by atoms with Gasteiger partial charge in [-0.2, -0.15) is 5.10 Å². The molecule has 3 amide bonds. The van der Waals surface area contributed by atoms with Crippen LogP contribution in [-0.4, -0.2) is 37.1 Å². The molecule has 0 spiro atoms. The number of ether oxygens (including phenoxy) is 1. The lowest BCUT2D eigenvalue weighted by Gasteiger charge is -2.09. The van der Waals surface area contributed by atoms with Gasteiger partial charge >= 0.3 is 11.8 Å². The van der Waals surface area contributed by atoms with Gasteiger partial charge in [-0.1, -0.05) is 18.2 Å². The summed E-state index contributed by atoms with van der Waals surface area (Å²) in [6.45, 7) is 3.29. The van der Waals surface area contributed by atoms with Crippen molar-refractivity contribution < 1.29 is 23.5 Å². The number of nitrogens with zero attached hydrogens (tertiary/aromatic N) is 1. The molecule has 0 radical (unpaired) electrons. The molecule has 9 heteroatoms. The van der Waals surface area contributed by atoms with Crippen LogP contribution in [0, 0.1) is 5.82 Å². The number of para-hydroxylation sites is 1. The average Bonchev–Trinajstić information content (AvgIpc) is 2.72. The second-order valence-corrected chi connectivity index (χ2v) is 5.58. The first-order valence-corrected chi connectivity index (χ1v) is 8.49. The number of anilines is 1. The summed E-state index contributed by atoms with van der Waals surface area (Å²) < 4.78 is 18.4. The number of halogens is 1. The van der Waals surface area contributed by atoms with Crippen molar-refractivity contribution in [2.45, 2.75) is 0 Å². The lowest BCUT2D eigenvalue weighted by Crippen LogP contribution is -2.37. The minimum absolute atomic E-state index is 0.159. The van der Waals surface area contributed by atoms with Gasteiger partial charge < -0.3 is 15.4 Å². The SMILES string of the molecule is C=CCNC(=O)C(=O)N/N=C\c1ccccc1OCC(=O)Nc1ccc(F)cc1. The van der Waals surface area contributed by atoms with Crippen molar-refractivity contribution in [1.82, 2.24) is 10.7 Å². The Bertz CT molecular complexity index is 913. The Hall–Kier alpha value is -4.01. The smallest absolute Gasteiger partial charge is 0.329 e. The van der Waals surface area contributed by atoms with Gasteiger partial charge in [0, 0.05) is 17.8 Å². The van der Waals surface area contributed by atoms with Crippen molar-refractivity contribution in [1.29, 1.82) is 0 Å². The Morgan fingerprint density at radius 2 is 1.79 bits per heavy atom. The van der Waals surface area contributed by atoms with Crippen LogP contribution in [0.2, 0.25) is 0 Å². The van der Waals surface area contributed by atoms with E-state index in [1.54, 1.807) is 24.3 Å². The van der Waals surface area contributed by atoms with Gasteiger partial charge in [-0.05, 0) is 36.4 Å². The van der Waals surface area contributed by atoms with Crippen LogP contribution < -0.4 is 20.8 Å². The van der Waals surface area contributed by atoms with E-state index in [-0.39, 0.29) is 13.2 Å². The number of amides is 3. The number of hydrogen-bond acceptors (Lipinski definition) is 5. The van der Waals surface area contributed by atoms with Crippen LogP contribution in [0.25, 0.3) is 0 Å². The predicted molar refractivity (Wildman–Crippen MR) is 106 cm³/mol. The van der Waals surface area contributed by atoms with Gasteiger partial charge in [-0.25, -0.2) is 9.82 Å². The first-order valence-electron chi connectivity index (χ1n) is 8.49. The van der Waals surface area contributed by atoms with Crippen LogP contribution in [0.1, 0.15) is 5.56 Å². The largest absolute Gasteiger partial charge is 0.483 e. The van der Waals surface area contributed by atoms with Crippen LogP contribution in [-0.2, 0) is 14.4 Å². The van der Waals surface area contributed by atoms with E-state index in [1.807, 2.05) is 0 Å². The molecule has 0 saturated carbocycles. The topological polar surface area (TPSA) is 109 Å². The van der Waals surface area contributed by atoms with Crippen molar-refractivity contribution in [2.75, 3.05) is 18.5 Å². The molecule has 150 valence electrons. The first-order chi connectivity index (χ1) is 14.0. The first kappa shape index (κ1) is 21.3. The Balaban J connectivity index is 1.90. The molecule has 0 fully saturated rings. The molecule has 8 nitrogen and oxygen atoms in total. The monoisotopic (exact) mass is 398 g/mol. The predicted octanol–water partition coefficient (Wildman–Crippen LogP) is 1.60. The summed E-state index contributed by atoms with van der Waals surface area (Å²) in [7, 11) is 0. The summed E-state index contributed by atoms with van der Waals surface area (Å²) in [6.07, 6.45) is 2.72. The van der Waals surface area contributed by atoms with Crippen LogP contribution in [0.4, 0.5) is 10.1 Å². The second kappa shape index (κ2) is 11.0. The molecular weight excluding hydrogens is 379 g/mol. The van der Waals surface area contributed by atoms with E-state index in [0.717, 1.165) is 0 Å². The molecule has 2 aromatic carbocycles. The standard InChI is InChI=1S/C20H19FN4O4/c1-2-11-22-19(27)20(28)25-23-12-14-5-3-4-6-17(14)29-13-18(26)24-16-9-7-15(21)8-10-16/h2-10,12H,1,11,13H2,(H,22,27)(H,24,26)(H,25,28)/b23-12-. The van der Waals surface area contributed by atoms with Crippen LogP contribution in [0.3, 0.4) is 0 Å². The molecule has 2 rings (SSSR count). The zero-order valence-electron chi connectivity index (χ0n) is 15.4. The highest BCUT2D eigenvalue weighted by Gasteiger charge is 2.11. The lowest BCUT2D eigenvalue weighted by molar-refractivity contribution is -0.139. The van der Waals surface area contributed by atoms with Gasteiger partial charge in [0.2, 0.25) is 0 Å². The van der Waals surface area contributed by atoms with Crippen LogP contribution in [0.5, 0.6) is 5.75 Å². The molecule has 0 aromatic heterocycles. The average molecular weight is 398 g/mol. The van der Waals surface area contributed by atoms with Gasteiger partial charge in [0.15, 0.2) is 6.61 Å². The van der Waals surface area contributed by atoms with Gasteiger partial charge in [-0.3, -0.25) is 14.4 Å². The molecule has 0 saturated heterocycles. The van der Waals surface area contributed by atoms with E-state index in [0.29, 0.717) is 17.0 Å². The summed E-state index contributed by atoms with van der Waals surface area (Å²) >= 11 is 0. The fourth-order valence-corrected chi connectivity index (χ4v) is 2.05. The highest BCUT2D eigenvalue weighted by Crippen LogP contribution is 2.16. The molecular formula is C20H19FN4O4. The second-order valence-electron chi connectivity index (χ2n) is 5.58. The molecule has 0 aliphatic carbocycles. The number of carbonyl (C=O) groups excluding carboxylic acids is 3. The highest BCUT2D eigenvalue weighted by atomic mass is 19.1. The van der Waals surface area contributed by atoms with E-state index in [4.69, 9.17) is 4.74 Å². The molecule has 0 atom stereocenters. The zero-order valence-corrected chi connectivity index (χ0v) is 15.4. The third-order valence-corrected chi connectivity index (χ3v) is 3.39. The maximum atomic E-state index is 12.9. The number of rotatable bonds is 8. The molecule has 3 N–H and O–H groups in total. The number of benzene rings is 2. The van der Waals surface area contributed by atoms with Crippen molar-refractivity contribution in [2.24, 2.45) is 5.10 Å². The third-order valence-electron chi connectivity index (χ3n) is 3.39. The van der Waals surface area contributed by atoms with E-state index in [9.17, 15) is 18.8 Å². The molecule has 0 heterocycles. The Morgan fingerprint density at radius 3 is 2.52 bits per heavy atom. The van der Waals surface area contributed by atoms with E-state index >= 15 is 0 Å². The fraction of sp³-hybridized carbons (Fsp3) is 0.100. The minimum Gasteiger partial charge on any atom is -0.483 e. The van der Waals surface area contributed by atoms with E-state index < -0.39 is 23.5 Å². The van der Waals surface area contributed by atoms with E-state index in [1.165, 1.54) is 36.6 Å². The van der Waals surface area contributed by atoms with Crippen molar-refractivity contribution in [3.8, 4) is 5.75 Å². The molecule has 0 aliphatic rings. The molecule has 0 unspecified atom stereocenters. The normalized spacial score (nSPS) is 10.2. The number of hydrogen-bond donors (Lipinski definition) is 3. The summed E-state index contributed by atoms with van der Waals surface area (Å²) in [5.41, 5.74) is 3.01. The van der Waals surface area contributed by atoms with Crippen molar-refractivity contribution in [3.63, 3.8) is 0 Å². The van der Waals surface area contributed by atoms with Gasteiger partial charge in [0.25, 0.3) is 5.91 Å². The molecule has 29 heavy (non-hydrogen) atoms. The van der Waals surface area contributed by atoms with Gasteiger partial charge in [-0.15, -0.1) is 6.58 Å². The van der Waals surface area contributed by atoms with Crippen LogP contribution >= 0.6 is 0 Å². The molecule has 2 aromatic rings. The van der Waals surface area contributed by atoms with Crippen LogP contribution in [0.15, 0.2) is 66.3 Å². The van der Waals surface area contributed by atoms with Crippen molar-refractivity contribution >= 4 is 29.6 Å². The Labute approximate surface area is 166 Å².